The molecule has 2 aromatic heterocycles. The molecule has 0 spiro atoms. The van der Waals surface area contributed by atoms with Gasteiger partial charge in [-0.2, -0.15) is 4.98 Å². The van der Waals surface area contributed by atoms with E-state index in [1.54, 1.807) is 6.20 Å². The van der Waals surface area contributed by atoms with E-state index in [2.05, 4.69) is 15.1 Å². The maximum absolute atomic E-state index is 12.4. The normalized spacial score (nSPS) is 22.3. The van der Waals surface area contributed by atoms with Gasteiger partial charge in [0.1, 0.15) is 0 Å². The Balaban J connectivity index is 1.48. The molecular weight excluding hydrogens is 304 g/mol. The lowest BCUT2D eigenvalue weighted by Gasteiger charge is -2.31. The second-order valence-corrected chi connectivity index (χ2v) is 6.88. The number of amides is 1. The van der Waals surface area contributed by atoms with Gasteiger partial charge >= 0.3 is 0 Å². The van der Waals surface area contributed by atoms with Gasteiger partial charge in [-0.05, 0) is 31.9 Å². The van der Waals surface area contributed by atoms with Crippen LogP contribution in [0.5, 0.6) is 0 Å². The van der Waals surface area contributed by atoms with E-state index in [1.165, 1.54) is 19.3 Å². The van der Waals surface area contributed by atoms with Gasteiger partial charge in [0.05, 0.1) is 5.56 Å². The standard InChI is InChI=1S/C18H22N4O2/c1-12-7-8-13(10-19-12)18-20-17(21-24-18)14-9-16(23)22(11-14)15-5-3-2-4-6-15/h7-8,10,14-15H,2-6,9,11H2,1H3. The highest BCUT2D eigenvalue weighted by Gasteiger charge is 2.37. The van der Waals surface area contributed by atoms with E-state index in [4.69, 9.17) is 4.52 Å². The summed E-state index contributed by atoms with van der Waals surface area (Å²) in [7, 11) is 0. The van der Waals surface area contributed by atoms with E-state index in [0.717, 1.165) is 24.1 Å². The van der Waals surface area contributed by atoms with Crippen LogP contribution in [-0.4, -0.2) is 38.5 Å². The number of hydrogen-bond donors (Lipinski definition) is 0. The molecule has 0 aromatic carbocycles. The summed E-state index contributed by atoms with van der Waals surface area (Å²) in [5.74, 6) is 1.38. The van der Waals surface area contributed by atoms with Gasteiger partial charge < -0.3 is 9.42 Å². The van der Waals surface area contributed by atoms with E-state index in [-0.39, 0.29) is 11.8 Å². The van der Waals surface area contributed by atoms with Crippen molar-refractivity contribution < 1.29 is 9.32 Å². The Hall–Kier alpha value is -2.24. The minimum Gasteiger partial charge on any atom is -0.339 e. The quantitative estimate of drug-likeness (QED) is 0.866. The van der Waals surface area contributed by atoms with Crippen LogP contribution in [0, 0.1) is 6.92 Å². The summed E-state index contributed by atoms with van der Waals surface area (Å²) in [6.45, 7) is 2.65. The molecule has 24 heavy (non-hydrogen) atoms. The first-order chi connectivity index (χ1) is 11.7. The number of aromatic nitrogens is 3. The van der Waals surface area contributed by atoms with Gasteiger partial charge in [0.25, 0.3) is 5.89 Å². The Bertz CT molecular complexity index is 719. The van der Waals surface area contributed by atoms with E-state index < -0.39 is 0 Å². The van der Waals surface area contributed by atoms with Gasteiger partial charge in [-0.3, -0.25) is 9.78 Å². The van der Waals surface area contributed by atoms with Gasteiger partial charge in [0, 0.05) is 36.8 Å². The lowest BCUT2D eigenvalue weighted by atomic mass is 9.94. The molecule has 0 radical (unpaired) electrons. The average molecular weight is 326 g/mol. The van der Waals surface area contributed by atoms with Crippen LogP contribution < -0.4 is 0 Å². The van der Waals surface area contributed by atoms with E-state index in [1.807, 2.05) is 24.0 Å². The second kappa shape index (κ2) is 6.34. The average Bonchev–Trinajstić information content (AvgIpc) is 3.23. The predicted octanol–water partition coefficient (Wildman–Crippen LogP) is 3.09. The minimum absolute atomic E-state index is 0.0373. The molecule has 6 heteroatoms. The van der Waals surface area contributed by atoms with Crippen LogP contribution in [0.4, 0.5) is 0 Å². The SMILES string of the molecule is Cc1ccc(-c2nc(C3CC(=O)N(C4CCCCC4)C3)no2)cn1. The highest BCUT2D eigenvalue weighted by atomic mass is 16.5. The number of aryl methyl sites for hydroxylation is 1. The Morgan fingerprint density at radius 1 is 1.21 bits per heavy atom. The highest BCUT2D eigenvalue weighted by molar-refractivity contribution is 5.80. The molecule has 2 aliphatic rings. The summed E-state index contributed by atoms with van der Waals surface area (Å²) in [4.78, 5) is 23.2. The summed E-state index contributed by atoms with van der Waals surface area (Å²) < 4.78 is 5.39. The van der Waals surface area contributed by atoms with Crippen molar-refractivity contribution >= 4 is 5.91 Å². The predicted molar refractivity (Wildman–Crippen MR) is 88.2 cm³/mol. The van der Waals surface area contributed by atoms with Gasteiger partial charge in [-0.15, -0.1) is 0 Å². The molecule has 0 bridgehead atoms. The van der Waals surface area contributed by atoms with Crippen LogP contribution in [0.15, 0.2) is 22.9 Å². The molecular formula is C18H22N4O2. The molecule has 2 aromatic rings. The van der Waals surface area contributed by atoms with Crippen LogP contribution in [0.1, 0.15) is 56.0 Å². The van der Waals surface area contributed by atoms with Crippen molar-refractivity contribution in [1.82, 2.24) is 20.0 Å². The fourth-order valence-electron chi connectivity index (χ4n) is 3.76. The number of carbonyl (C=O) groups excluding carboxylic acids is 1. The van der Waals surface area contributed by atoms with Crippen molar-refractivity contribution in [2.45, 2.75) is 57.4 Å². The number of carbonyl (C=O) groups is 1. The summed E-state index contributed by atoms with van der Waals surface area (Å²) in [6, 6.07) is 4.25. The molecule has 1 amide bonds. The molecule has 6 nitrogen and oxygen atoms in total. The van der Waals surface area contributed by atoms with E-state index in [9.17, 15) is 4.79 Å². The lowest BCUT2D eigenvalue weighted by molar-refractivity contribution is -0.130. The third-order valence-corrected chi connectivity index (χ3v) is 5.14. The van der Waals surface area contributed by atoms with Gasteiger partial charge in [0.2, 0.25) is 5.91 Å². The third kappa shape index (κ3) is 2.92. The largest absolute Gasteiger partial charge is 0.339 e. The molecule has 1 saturated carbocycles. The van der Waals surface area contributed by atoms with Crippen molar-refractivity contribution in [1.29, 1.82) is 0 Å². The molecule has 3 heterocycles. The summed E-state index contributed by atoms with van der Waals surface area (Å²) in [5, 5.41) is 4.12. The highest BCUT2D eigenvalue weighted by Crippen LogP contribution is 2.33. The molecule has 1 aliphatic carbocycles. The smallest absolute Gasteiger partial charge is 0.259 e. The van der Waals surface area contributed by atoms with E-state index >= 15 is 0 Å². The first kappa shape index (κ1) is 15.3. The molecule has 1 unspecified atom stereocenters. The molecule has 4 rings (SSSR count). The number of hydrogen-bond acceptors (Lipinski definition) is 5. The molecule has 2 fully saturated rings. The van der Waals surface area contributed by atoms with Crippen molar-refractivity contribution in [2.24, 2.45) is 0 Å². The zero-order chi connectivity index (χ0) is 16.5. The fraction of sp³-hybridized carbons (Fsp3) is 0.556. The lowest BCUT2D eigenvalue weighted by Crippen LogP contribution is -2.37. The van der Waals surface area contributed by atoms with Crippen molar-refractivity contribution in [3.05, 3.63) is 29.8 Å². The summed E-state index contributed by atoms with van der Waals surface area (Å²) >= 11 is 0. The molecule has 1 saturated heterocycles. The first-order valence-electron chi connectivity index (χ1n) is 8.77. The van der Waals surface area contributed by atoms with Crippen molar-refractivity contribution in [3.8, 4) is 11.5 Å². The second-order valence-electron chi connectivity index (χ2n) is 6.88. The number of nitrogens with zero attached hydrogens (tertiary/aromatic N) is 4. The van der Waals surface area contributed by atoms with Crippen molar-refractivity contribution in [3.63, 3.8) is 0 Å². The molecule has 126 valence electrons. The van der Waals surface area contributed by atoms with Crippen LogP contribution in [0.2, 0.25) is 0 Å². The number of pyridine rings is 1. The maximum atomic E-state index is 12.4. The third-order valence-electron chi connectivity index (χ3n) is 5.14. The maximum Gasteiger partial charge on any atom is 0.259 e. The molecule has 1 atom stereocenters. The number of rotatable bonds is 3. The number of likely N-dealkylation sites (tertiary alicyclic amines) is 1. The zero-order valence-electron chi connectivity index (χ0n) is 13.9. The molecule has 0 N–H and O–H groups in total. The first-order valence-corrected chi connectivity index (χ1v) is 8.77. The van der Waals surface area contributed by atoms with Crippen LogP contribution in [-0.2, 0) is 4.79 Å². The molecule has 1 aliphatic heterocycles. The summed E-state index contributed by atoms with van der Waals surface area (Å²) in [5.41, 5.74) is 1.76. The van der Waals surface area contributed by atoms with Crippen LogP contribution >= 0.6 is 0 Å². The Morgan fingerprint density at radius 3 is 2.79 bits per heavy atom. The van der Waals surface area contributed by atoms with Gasteiger partial charge in [-0.25, -0.2) is 0 Å². The fourth-order valence-corrected chi connectivity index (χ4v) is 3.76. The topological polar surface area (TPSA) is 72.1 Å². The Kier molecular flexibility index (Phi) is 4.04. The zero-order valence-corrected chi connectivity index (χ0v) is 13.9. The van der Waals surface area contributed by atoms with Gasteiger partial charge in [-0.1, -0.05) is 24.4 Å². The summed E-state index contributed by atoms with van der Waals surface area (Å²) in [6.07, 6.45) is 8.23. The monoisotopic (exact) mass is 326 g/mol. The van der Waals surface area contributed by atoms with E-state index in [0.29, 0.717) is 30.7 Å². The van der Waals surface area contributed by atoms with Crippen molar-refractivity contribution in [2.75, 3.05) is 6.54 Å². The van der Waals surface area contributed by atoms with Crippen LogP contribution in [0.3, 0.4) is 0 Å². The Labute approximate surface area is 141 Å². The van der Waals surface area contributed by atoms with Gasteiger partial charge in [0.15, 0.2) is 5.82 Å². The Morgan fingerprint density at radius 2 is 2.04 bits per heavy atom. The van der Waals surface area contributed by atoms with Crippen LogP contribution in [0.25, 0.3) is 11.5 Å². The minimum atomic E-state index is 0.0373.